The predicted molar refractivity (Wildman–Crippen MR) is 80.0 cm³/mol. The van der Waals surface area contributed by atoms with Gasteiger partial charge in [0.05, 0.1) is 0 Å². The Labute approximate surface area is 122 Å². The van der Waals surface area contributed by atoms with Crippen LogP contribution in [0.3, 0.4) is 0 Å². The Morgan fingerprint density at radius 1 is 1.29 bits per heavy atom. The van der Waals surface area contributed by atoms with Crippen LogP contribution in [0, 0.1) is 0 Å². The Bertz CT molecular complexity index is 686. The number of nitrogens with one attached hydrogen (secondary N) is 1. The summed E-state index contributed by atoms with van der Waals surface area (Å²) < 4.78 is 0. The molecule has 1 fully saturated rings. The van der Waals surface area contributed by atoms with Crippen molar-refractivity contribution in [3.63, 3.8) is 0 Å². The molecule has 5 nitrogen and oxygen atoms in total. The number of carbonyl (C=O) groups excluding carboxylic acids is 1. The van der Waals surface area contributed by atoms with E-state index in [9.17, 15) is 9.59 Å². The molecular weight excluding hydrogens is 266 g/mol. The molecule has 0 unspecified atom stereocenters. The van der Waals surface area contributed by atoms with E-state index >= 15 is 0 Å². The Kier molecular flexibility index (Phi) is 3.56. The van der Waals surface area contributed by atoms with Gasteiger partial charge < -0.3 is 9.88 Å². The monoisotopic (exact) mass is 283 g/mol. The Hall–Kier alpha value is -2.43. The fraction of sp³-hybridized carbons (Fsp3) is 0.312. The lowest BCUT2D eigenvalue weighted by Gasteiger charge is -2.21. The van der Waals surface area contributed by atoms with Gasteiger partial charge in [-0.2, -0.15) is 0 Å². The van der Waals surface area contributed by atoms with E-state index in [0.29, 0.717) is 11.6 Å². The van der Waals surface area contributed by atoms with Crippen LogP contribution in [0.1, 0.15) is 30.1 Å². The molecule has 5 heteroatoms. The summed E-state index contributed by atoms with van der Waals surface area (Å²) in [6.45, 7) is 2.93. The SMILES string of the molecule is C[C@@H]1CCCN1C(=O)c1ccc(-c2cnc(=O)[nH]c2)cc1. The van der Waals surface area contributed by atoms with Crippen LogP contribution in [0.15, 0.2) is 41.5 Å². The van der Waals surface area contributed by atoms with E-state index < -0.39 is 0 Å². The first-order valence-corrected chi connectivity index (χ1v) is 7.11. The zero-order chi connectivity index (χ0) is 14.8. The highest BCUT2D eigenvalue weighted by Gasteiger charge is 2.25. The second-order valence-corrected chi connectivity index (χ2v) is 5.37. The number of hydrogen-bond acceptors (Lipinski definition) is 3. The molecule has 0 bridgehead atoms. The number of amides is 1. The van der Waals surface area contributed by atoms with Crippen molar-refractivity contribution >= 4 is 5.91 Å². The van der Waals surface area contributed by atoms with E-state index in [2.05, 4.69) is 16.9 Å². The van der Waals surface area contributed by atoms with Gasteiger partial charge in [-0.15, -0.1) is 0 Å². The number of hydrogen-bond donors (Lipinski definition) is 1. The van der Waals surface area contributed by atoms with E-state index in [-0.39, 0.29) is 11.6 Å². The molecule has 1 atom stereocenters. The van der Waals surface area contributed by atoms with E-state index in [4.69, 9.17) is 0 Å². The van der Waals surface area contributed by atoms with Gasteiger partial charge in [-0.25, -0.2) is 9.78 Å². The molecule has 0 aliphatic carbocycles. The second kappa shape index (κ2) is 5.52. The Morgan fingerprint density at radius 2 is 2.05 bits per heavy atom. The molecule has 1 aromatic carbocycles. The minimum Gasteiger partial charge on any atom is -0.336 e. The molecule has 1 aromatic heterocycles. The number of aromatic nitrogens is 2. The Morgan fingerprint density at radius 3 is 2.62 bits per heavy atom. The normalized spacial score (nSPS) is 18.0. The van der Waals surface area contributed by atoms with Crippen LogP contribution >= 0.6 is 0 Å². The molecule has 3 rings (SSSR count). The summed E-state index contributed by atoms with van der Waals surface area (Å²) in [6.07, 6.45) is 5.30. The minimum absolute atomic E-state index is 0.0890. The lowest BCUT2D eigenvalue weighted by molar-refractivity contribution is 0.0747. The number of aromatic amines is 1. The average Bonchev–Trinajstić information content (AvgIpc) is 2.94. The largest absolute Gasteiger partial charge is 0.344 e. The second-order valence-electron chi connectivity index (χ2n) is 5.37. The molecule has 1 N–H and O–H groups in total. The van der Waals surface area contributed by atoms with Crippen molar-refractivity contribution in [1.29, 1.82) is 0 Å². The van der Waals surface area contributed by atoms with Gasteiger partial charge in [0, 0.05) is 36.1 Å². The molecule has 108 valence electrons. The fourth-order valence-corrected chi connectivity index (χ4v) is 2.71. The minimum atomic E-state index is -0.367. The van der Waals surface area contributed by atoms with Crippen LogP contribution in [0.5, 0.6) is 0 Å². The van der Waals surface area contributed by atoms with Crippen molar-refractivity contribution in [2.24, 2.45) is 0 Å². The highest BCUT2D eigenvalue weighted by atomic mass is 16.2. The van der Waals surface area contributed by atoms with Gasteiger partial charge in [-0.3, -0.25) is 4.79 Å². The summed E-state index contributed by atoms with van der Waals surface area (Å²) in [6, 6.07) is 7.73. The van der Waals surface area contributed by atoms with Crippen LogP contribution in [0.2, 0.25) is 0 Å². The summed E-state index contributed by atoms with van der Waals surface area (Å²) in [5, 5.41) is 0. The molecule has 2 heterocycles. The predicted octanol–water partition coefficient (Wildman–Crippen LogP) is 2.06. The maximum atomic E-state index is 12.4. The lowest BCUT2D eigenvalue weighted by Crippen LogP contribution is -2.33. The van der Waals surface area contributed by atoms with E-state index in [0.717, 1.165) is 30.5 Å². The third-order valence-electron chi connectivity index (χ3n) is 3.95. The summed E-state index contributed by atoms with van der Waals surface area (Å²) in [5.41, 5.74) is 2.08. The quantitative estimate of drug-likeness (QED) is 0.917. The summed E-state index contributed by atoms with van der Waals surface area (Å²) in [4.78, 5) is 31.5. The number of carbonyl (C=O) groups is 1. The topological polar surface area (TPSA) is 66.1 Å². The highest BCUT2D eigenvalue weighted by molar-refractivity contribution is 5.95. The van der Waals surface area contributed by atoms with Gasteiger partial charge in [0.25, 0.3) is 5.91 Å². The van der Waals surface area contributed by atoms with Crippen molar-refractivity contribution in [2.45, 2.75) is 25.8 Å². The number of H-pyrrole nitrogens is 1. The van der Waals surface area contributed by atoms with Gasteiger partial charge in [-0.1, -0.05) is 12.1 Å². The van der Waals surface area contributed by atoms with Gasteiger partial charge in [0.2, 0.25) is 0 Å². The van der Waals surface area contributed by atoms with Crippen molar-refractivity contribution in [1.82, 2.24) is 14.9 Å². The fourth-order valence-electron chi connectivity index (χ4n) is 2.71. The molecule has 0 radical (unpaired) electrons. The summed E-state index contributed by atoms with van der Waals surface area (Å²) >= 11 is 0. The molecule has 1 amide bonds. The number of likely N-dealkylation sites (tertiary alicyclic amines) is 1. The smallest absolute Gasteiger partial charge is 0.336 e. The molecule has 1 saturated heterocycles. The molecule has 2 aromatic rings. The van der Waals surface area contributed by atoms with Gasteiger partial charge in [0.15, 0.2) is 0 Å². The van der Waals surface area contributed by atoms with E-state index in [1.165, 1.54) is 6.20 Å². The Balaban J connectivity index is 1.82. The van der Waals surface area contributed by atoms with Crippen LogP contribution in [0.4, 0.5) is 0 Å². The average molecular weight is 283 g/mol. The molecule has 1 aliphatic heterocycles. The van der Waals surface area contributed by atoms with Crippen LogP contribution in [0.25, 0.3) is 11.1 Å². The summed E-state index contributed by atoms with van der Waals surface area (Å²) in [7, 11) is 0. The van der Waals surface area contributed by atoms with Crippen LogP contribution in [-0.4, -0.2) is 33.4 Å². The third kappa shape index (κ3) is 2.72. The first kappa shape index (κ1) is 13.5. The summed E-state index contributed by atoms with van der Waals surface area (Å²) in [5.74, 6) is 0.0890. The number of nitrogens with zero attached hydrogens (tertiary/aromatic N) is 2. The van der Waals surface area contributed by atoms with Crippen LogP contribution < -0.4 is 5.69 Å². The molecule has 0 saturated carbocycles. The zero-order valence-electron chi connectivity index (χ0n) is 11.9. The van der Waals surface area contributed by atoms with Gasteiger partial charge in [-0.05, 0) is 37.5 Å². The van der Waals surface area contributed by atoms with Crippen molar-refractivity contribution < 1.29 is 4.79 Å². The van der Waals surface area contributed by atoms with Gasteiger partial charge >= 0.3 is 5.69 Å². The third-order valence-corrected chi connectivity index (χ3v) is 3.95. The van der Waals surface area contributed by atoms with E-state index in [1.54, 1.807) is 6.20 Å². The first-order valence-electron chi connectivity index (χ1n) is 7.11. The molecule has 21 heavy (non-hydrogen) atoms. The molecule has 0 spiro atoms. The van der Waals surface area contributed by atoms with Crippen molar-refractivity contribution in [3.8, 4) is 11.1 Å². The molecule has 1 aliphatic rings. The van der Waals surface area contributed by atoms with Crippen molar-refractivity contribution in [3.05, 3.63) is 52.7 Å². The lowest BCUT2D eigenvalue weighted by atomic mass is 10.1. The van der Waals surface area contributed by atoms with Crippen LogP contribution in [-0.2, 0) is 0 Å². The maximum absolute atomic E-state index is 12.4. The zero-order valence-corrected chi connectivity index (χ0v) is 11.9. The van der Waals surface area contributed by atoms with Gasteiger partial charge in [0.1, 0.15) is 0 Å². The maximum Gasteiger partial charge on any atom is 0.344 e. The van der Waals surface area contributed by atoms with Crippen molar-refractivity contribution in [2.75, 3.05) is 6.54 Å². The standard InChI is InChI=1S/C16H17N3O2/c1-11-3-2-8-19(11)15(20)13-6-4-12(5-7-13)14-9-17-16(21)18-10-14/h4-7,9-11H,2-3,8H2,1H3,(H,17,18,21)/t11-/m1/s1. The van der Waals surface area contributed by atoms with E-state index in [1.807, 2.05) is 29.2 Å². The molecular formula is C16H17N3O2. The highest BCUT2D eigenvalue weighted by Crippen LogP contribution is 2.22. The number of rotatable bonds is 2. The number of benzene rings is 1. The first-order chi connectivity index (χ1) is 10.1.